The molecule has 2 aromatic carbocycles. The molecule has 2 aromatic rings. The third-order valence-corrected chi connectivity index (χ3v) is 4.69. The van der Waals surface area contributed by atoms with Gasteiger partial charge in [-0.1, -0.05) is 57.3 Å². The van der Waals surface area contributed by atoms with E-state index in [4.69, 9.17) is 23.2 Å². The largest absolute Gasteiger partial charge is 0.306 e. The van der Waals surface area contributed by atoms with Gasteiger partial charge in [0.2, 0.25) is 0 Å². The molecule has 0 fully saturated rings. The molecule has 0 aliphatic carbocycles. The molecule has 1 nitrogen and oxygen atoms in total. The molecule has 0 aliphatic rings. The van der Waals surface area contributed by atoms with Crippen molar-refractivity contribution in [2.45, 2.75) is 26.4 Å². The Morgan fingerprint density at radius 2 is 1.90 bits per heavy atom. The quantitative estimate of drug-likeness (QED) is 0.702. The zero-order valence-electron chi connectivity index (χ0n) is 11.4. The van der Waals surface area contributed by atoms with Crippen molar-refractivity contribution in [3.8, 4) is 0 Å². The predicted octanol–water partition coefficient (Wildman–Crippen LogP) is 5.92. The second-order valence-corrected chi connectivity index (χ2v) is 6.55. The van der Waals surface area contributed by atoms with Gasteiger partial charge in [-0.3, -0.25) is 0 Å². The fourth-order valence-electron chi connectivity index (χ4n) is 1.98. The number of hydrogen-bond acceptors (Lipinski definition) is 1. The predicted molar refractivity (Wildman–Crippen MR) is 90.6 cm³/mol. The summed E-state index contributed by atoms with van der Waals surface area (Å²) in [5, 5.41) is 4.83. The molecule has 0 amide bonds. The van der Waals surface area contributed by atoms with Crippen LogP contribution >= 0.6 is 39.1 Å². The third kappa shape index (κ3) is 3.98. The Labute approximate surface area is 138 Å². The van der Waals surface area contributed by atoms with Crippen LogP contribution in [0.15, 0.2) is 40.9 Å². The highest BCUT2D eigenvalue weighted by atomic mass is 79.9. The summed E-state index contributed by atoms with van der Waals surface area (Å²) in [5.41, 5.74) is 3.53. The molecule has 2 rings (SSSR count). The minimum Gasteiger partial charge on any atom is -0.306 e. The second kappa shape index (κ2) is 6.95. The molecule has 0 aliphatic heterocycles. The average molecular weight is 373 g/mol. The maximum atomic E-state index is 6.22. The summed E-state index contributed by atoms with van der Waals surface area (Å²) in [7, 11) is 0. The van der Waals surface area contributed by atoms with Crippen LogP contribution < -0.4 is 5.32 Å². The van der Waals surface area contributed by atoms with Crippen molar-refractivity contribution < 1.29 is 0 Å². The van der Waals surface area contributed by atoms with E-state index in [-0.39, 0.29) is 6.04 Å². The Hall–Kier alpha value is -0.540. The third-order valence-electron chi connectivity index (χ3n) is 3.28. The number of halogens is 3. The zero-order valence-corrected chi connectivity index (χ0v) is 14.5. The lowest BCUT2D eigenvalue weighted by molar-refractivity contribution is 0.575. The molecule has 0 aromatic heterocycles. The van der Waals surface area contributed by atoms with Gasteiger partial charge in [0, 0.05) is 27.1 Å². The molecular formula is C16H16BrCl2N. The van der Waals surface area contributed by atoms with Crippen molar-refractivity contribution in [1.29, 1.82) is 0 Å². The minimum absolute atomic E-state index is 0.167. The Kier molecular flexibility index (Phi) is 5.50. The lowest BCUT2D eigenvalue weighted by Crippen LogP contribution is -2.18. The molecule has 106 valence electrons. The molecule has 0 radical (unpaired) electrons. The van der Waals surface area contributed by atoms with Crippen LogP contribution in [0.3, 0.4) is 0 Å². The van der Waals surface area contributed by atoms with E-state index >= 15 is 0 Å². The van der Waals surface area contributed by atoms with Gasteiger partial charge in [-0.15, -0.1) is 0 Å². The number of aryl methyl sites for hydroxylation is 1. The molecule has 4 heteroatoms. The van der Waals surface area contributed by atoms with E-state index in [0.29, 0.717) is 10.0 Å². The molecule has 0 spiro atoms. The highest BCUT2D eigenvalue weighted by molar-refractivity contribution is 9.10. The summed E-state index contributed by atoms with van der Waals surface area (Å²) in [6.07, 6.45) is 0. The molecular weight excluding hydrogens is 357 g/mol. The van der Waals surface area contributed by atoms with Gasteiger partial charge >= 0.3 is 0 Å². The monoisotopic (exact) mass is 371 g/mol. The number of hydrogen-bond donors (Lipinski definition) is 1. The molecule has 0 bridgehead atoms. The molecule has 1 atom stereocenters. The van der Waals surface area contributed by atoms with Crippen molar-refractivity contribution in [1.82, 2.24) is 5.32 Å². The van der Waals surface area contributed by atoms with E-state index in [9.17, 15) is 0 Å². The van der Waals surface area contributed by atoms with Crippen LogP contribution in [0.5, 0.6) is 0 Å². The average Bonchev–Trinajstić information content (AvgIpc) is 2.40. The van der Waals surface area contributed by atoms with E-state index in [2.05, 4.69) is 53.3 Å². The summed E-state index contributed by atoms with van der Waals surface area (Å²) in [6, 6.07) is 12.2. The number of benzene rings is 2. The SMILES string of the molecule is Cc1ccc(CNC(C)c2ccc(Cl)cc2Cl)cc1Br. The fraction of sp³-hybridized carbons (Fsp3) is 0.250. The number of nitrogens with one attached hydrogen (secondary N) is 1. The van der Waals surface area contributed by atoms with E-state index in [1.54, 1.807) is 6.07 Å². The van der Waals surface area contributed by atoms with Crippen LogP contribution in [0.4, 0.5) is 0 Å². The summed E-state index contributed by atoms with van der Waals surface area (Å²) < 4.78 is 1.13. The number of rotatable bonds is 4. The Bertz CT molecular complexity index is 613. The van der Waals surface area contributed by atoms with Gasteiger partial charge in [-0.25, -0.2) is 0 Å². The van der Waals surface area contributed by atoms with Gasteiger partial charge in [0.05, 0.1) is 0 Å². The van der Waals surface area contributed by atoms with Gasteiger partial charge in [0.1, 0.15) is 0 Å². The van der Waals surface area contributed by atoms with Crippen molar-refractivity contribution in [3.63, 3.8) is 0 Å². The molecule has 0 saturated heterocycles. The fourth-order valence-corrected chi connectivity index (χ4v) is 2.98. The lowest BCUT2D eigenvalue weighted by Gasteiger charge is -2.16. The zero-order chi connectivity index (χ0) is 14.7. The first-order valence-corrected chi connectivity index (χ1v) is 7.95. The van der Waals surface area contributed by atoms with Crippen molar-refractivity contribution in [3.05, 3.63) is 67.6 Å². The smallest absolute Gasteiger partial charge is 0.0468 e. The Balaban J connectivity index is 2.04. The normalized spacial score (nSPS) is 12.4. The van der Waals surface area contributed by atoms with Crippen molar-refractivity contribution in [2.75, 3.05) is 0 Å². The molecule has 1 N–H and O–H groups in total. The van der Waals surface area contributed by atoms with Crippen LogP contribution in [-0.2, 0) is 6.54 Å². The maximum absolute atomic E-state index is 6.22. The van der Waals surface area contributed by atoms with E-state index < -0.39 is 0 Å². The van der Waals surface area contributed by atoms with Crippen LogP contribution in [0.2, 0.25) is 10.0 Å². The summed E-state index contributed by atoms with van der Waals surface area (Å²) in [6.45, 7) is 4.97. The second-order valence-electron chi connectivity index (χ2n) is 4.85. The summed E-state index contributed by atoms with van der Waals surface area (Å²) in [4.78, 5) is 0. The van der Waals surface area contributed by atoms with Gasteiger partial charge in [0.15, 0.2) is 0 Å². The van der Waals surface area contributed by atoms with Gasteiger partial charge in [-0.2, -0.15) is 0 Å². The first-order valence-electron chi connectivity index (χ1n) is 6.40. The van der Waals surface area contributed by atoms with Gasteiger partial charge in [-0.05, 0) is 48.7 Å². The maximum Gasteiger partial charge on any atom is 0.0468 e. The first kappa shape index (κ1) is 15.8. The molecule has 1 unspecified atom stereocenters. The van der Waals surface area contributed by atoms with Crippen molar-refractivity contribution in [2.24, 2.45) is 0 Å². The summed E-state index contributed by atoms with van der Waals surface area (Å²) in [5.74, 6) is 0. The van der Waals surface area contributed by atoms with Crippen LogP contribution in [0.25, 0.3) is 0 Å². The molecule has 0 saturated carbocycles. The highest BCUT2D eigenvalue weighted by Crippen LogP contribution is 2.26. The van der Waals surface area contributed by atoms with Crippen LogP contribution in [0, 0.1) is 6.92 Å². The standard InChI is InChI=1S/C16H16BrCl2N/c1-10-3-4-12(7-15(10)17)9-20-11(2)14-6-5-13(18)8-16(14)19/h3-8,11,20H,9H2,1-2H3. The lowest BCUT2D eigenvalue weighted by atomic mass is 10.1. The van der Waals surface area contributed by atoms with E-state index in [0.717, 1.165) is 16.6 Å². The van der Waals surface area contributed by atoms with Crippen molar-refractivity contribution >= 4 is 39.1 Å². The topological polar surface area (TPSA) is 12.0 Å². The van der Waals surface area contributed by atoms with Crippen LogP contribution in [-0.4, -0.2) is 0 Å². The van der Waals surface area contributed by atoms with Gasteiger partial charge < -0.3 is 5.32 Å². The van der Waals surface area contributed by atoms with Gasteiger partial charge in [0.25, 0.3) is 0 Å². The van der Waals surface area contributed by atoms with E-state index in [1.165, 1.54) is 11.1 Å². The minimum atomic E-state index is 0.167. The Morgan fingerprint density at radius 3 is 2.55 bits per heavy atom. The Morgan fingerprint density at radius 1 is 1.15 bits per heavy atom. The highest BCUT2D eigenvalue weighted by Gasteiger charge is 2.09. The summed E-state index contributed by atoms with van der Waals surface area (Å²) >= 11 is 15.7. The first-order chi connectivity index (χ1) is 9.47. The molecule has 20 heavy (non-hydrogen) atoms. The van der Waals surface area contributed by atoms with Crippen LogP contribution in [0.1, 0.15) is 29.7 Å². The molecule has 0 heterocycles. The van der Waals surface area contributed by atoms with E-state index in [1.807, 2.05) is 12.1 Å².